The van der Waals surface area contributed by atoms with Gasteiger partial charge in [-0.1, -0.05) is 12.1 Å². The van der Waals surface area contributed by atoms with Crippen molar-refractivity contribution in [1.82, 2.24) is 4.90 Å². The predicted octanol–water partition coefficient (Wildman–Crippen LogP) is 3.49. The van der Waals surface area contributed by atoms with E-state index in [2.05, 4.69) is 0 Å². The molecule has 1 aromatic carbocycles. The molecule has 0 spiro atoms. The van der Waals surface area contributed by atoms with E-state index in [-0.39, 0.29) is 24.2 Å². The standard InChI is InChI=1S/C21H30FNO4S/c22-17-5-1-4-16(14-17)15-19(24)10-9-18-6-2-7-20(25)23(18)11-13-28-12-3-8-21(26)27/h1,4-5,14,18-19,24H,2-3,6-13,15H2,(H,26,27)/t18-,19?/m1/s1. The van der Waals surface area contributed by atoms with E-state index in [1.807, 2.05) is 11.0 Å². The number of hydrogen-bond acceptors (Lipinski definition) is 4. The van der Waals surface area contributed by atoms with Gasteiger partial charge in [-0.05, 0) is 62.0 Å². The molecule has 2 rings (SSSR count). The van der Waals surface area contributed by atoms with Gasteiger partial charge in [0.25, 0.3) is 0 Å². The highest BCUT2D eigenvalue weighted by Gasteiger charge is 2.27. The summed E-state index contributed by atoms with van der Waals surface area (Å²) in [5, 5.41) is 19.0. The topological polar surface area (TPSA) is 77.8 Å². The number of halogens is 1. The molecule has 1 fully saturated rings. The van der Waals surface area contributed by atoms with Crippen LogP contribution in [-0.2, 0) is 16.0 Å². The number of amides is 1. The van der Waals surface area contributed by atoms with Crippen molar-refractivity contribution >= 4 is 23.6 Å². The summed E-state index contributed by atoms with van der Waals surface area (Å²) in [5.74, 6) is 0.680. The van der Waals surface area contributed by atoms with Crippen molar-refractivity contribution < 1.29 is 24.2 Å². The van der Waals surface area contributed by atoms with Gasteiger partial charge in [-0.2, -0.15) is 11.8 Å². The lowest BCUT2D eigenvalue weighted by molar-refractivity contribution is -0.137. The number of carboxylic acid groups (broad SMARTS) is 1. The largest absolute Gasteiger partial charge is 0.481 e. The van der Waals surface area contributed by atoms with Crippen LogP contribution in [0.4, 0.5) is 4.39 Å². The molecule has 28 heavy (non-hydrogen) atoms. The SMILES string of the molecule is O=C(O)CCCSCCN1C(=O)CCC[C@@H]1CCC(O)Cc1cccc(F)c1. The third-order valence-electron chi connectivity index (χ3n) is 5.04. The maximum atomic E-state index is 13.3. The van der Waals surface area contributed by atoms with Gasteiger partial charge in [0.1, 0.15) is 5.82 Å². The zero-order chi connectivity index (χ0) is 20.4. The van der Waals surface area contributed by atoms with Crippen LogP contribution in [0.2, 0.25) is 0 Å². The molecule has 2 N–H and O–H groups in total. The van der Waals surface area contributed by atoms with Crippen LogP contribution in [0.15, 0.2) is 24.3 Å². The Balaban J connectivity index is 1.74. The first-order chi connectivity index (χ1) is 13.5. The van der Waals surface area contributed by atoms with E-state index < -0.39 is 12.1 Å². The van der Waals surface area contributed by atoms with Crippen LogP contribution in [-0.4, -0.2) is 57.2 Å². The number of hydrogen-bond donors (Lipinski definition) is 2. The molecular weight excluding hydrogens is 381 g/mol. The Hall–Kier alpha value is -1.60. The minimum Gasteiger partial charge on any atom is -0.481 e. The van der Waals surface area contributed by atoms with E-state index in [0.717, 1.165) is 36.3 Å². The van der Waals surface area contributed by atoms with E-state index in [9.17, 15) is 19.1 Å². The van der Waals surface area contributed by atoms with E-state index in [0.29, 0.717) is 32.2 Å². The number of benzene rings is 1. The molecule has 1 amide bonds. The fourth-order valence-corrected chi connectivity index (χ4v) is 4.49. The van der Waals surface area contributed by atoms with Crippen molar-refractivity contribution in [1.29, 1.82) is 0 Å². The maximum absolute atomic E-state index is 13.3. The van der Waals surface area contributed by atoms with Crippen LogP contribution in [0.25, 0.3) is 0 Å². The normalized spacial score (nSPS) is 18.3. The molecule has 156 valence electrons. The second-order valence-electron chi connectivity index (χ2n) is 7.31. The number of aliphatic hydroxyl groups is 1. The summed E-state index contributed by atoms with van der Waals surface area (Å²) in [7, 11) is 0. The van der Waals surface area contributed by atoms with E-state index in [4.69, 9.17) is 5.11 Å². The molecule has 0 saturated carbocycles. The number of piperidine rings is 1. The highest BCUT2D eigenvalue weighted by atomic mass is 32.2. The van der Waals surface area contributed by atoms with Crippen molar-refractivity contribution in [3.05, 3.63) is 35.6 Å². The van der Waals surface area contributed by atoms with Gasteiger partial charge in [0, 0.05) is 31.2 Å². The lowest BCUT2D eigenvalue weighted by Crippen LogP contribution is -2.45. The van der Waals surface area contributed by atoms with Crippen molar-refractivity contribution in [3.63, 3.8) is 0 Å². The average molecular weight is 412 g/mol. The number of carbonyl (C=O) groups is 2. The van der Waals surface area contributed by atoms with Crippen molar-refractivity contribution in [2.45, 2.75) is 63.5 Å². The van der Waals surface area contributed by atoms with E-state index in [1.165, 1.54) is 12.1 Å². The smallest absolute Gasteiger partial charge is 0.303 e. The van der Waals surface area contributed by atoms with Crippen molar-refractivity contribution in [3.8, 4) is 0 Å². The molecule has 1 unspecified atom stereocenters. The molecule has 7 heteroatoms. The Morgan fingerprint density at radius 1 is 1.36 bits per heavy atom. The molecule has 1 aliphatic heterocycles. The van der Waals surface area contributed by atoms with Gasteiger partial charge in [0.05, 0.1) is 6.10 Å². The van der Waals surface area contributed by atoms with Gasteiger partial charge in [-0.15, -0.1) is 0 Å². The molecule has 0 radical (unpaired) electrons. The van der Waals surface area contributed by atoms with Gasteiger partial charge in [0.15, 0.2) is 0 Å². The van der Waals surface area contributed by atoms with Gasteiger partial charge in [-0.3, -0.25) is 9.59 Å². The number of likely N-dealkylation sites (tertiary alicyclic amines) is 1. The predicted molar refractivity (Wildman–Crippen MR) is 109 cm³/mol. The van der Waals surface area contributed by atoms with Crippen LogP contribution in [0.1, 0.15) is 50.5 Å². The van der Waals surface area contributed by atoms with Crippen molar-refractivity contribution in [2.24, 2.45) is 0 Å². The quantitative estimate of drug-likeness (QED) is 0.515. The summed E-state index contributed by atoms with van der Waals surface area (Å²) in [6, 6.07) is 6.43. The summed E-state index contributed by atoms with van der Waals surface area (Å²) >= 11 is 1.68. The highest BCUT2D eigenvalue weighted by molar-refractivity contribution is 7.99. The minimum absolute atomic E-state index is 0.142. The van der Waals surface area contributed by atoms with Crippen LogP contribution in [0.5, 0.6) is 0 Å². The monoisotopic (exact) mass is 411 g/mol. The molecule has 2 atom stereocenters. The highest BCUT2D eigenvalue weighted by Crippen LogP contribution is 2.24. The number of carbonyl (C=O) groups excluding carboxylic acids is 1. The molecule has 1 heterocycles. The Morgan fingerprint density at radius 3 is 2.93 bits per heavy atom. The zero-order valence-electron chi connectivity index (χ0n) is 16.2. The van der Waals surface area contributed by atoms with Gasteiger partial charge < -0.3 is 15.1 Å². The third-order valence-corrected chi connectivity index (χ3v) is 6.09. The Bertz CT molecular complexity index is 643. The third kappa shape index (κ3) is 8.19. The Labute approximate surface area is 170 Å². The fraction of sp³-hybridized carbons (Fsp3) is 0.619. The summed E-state index contributed by atoms with van der Waals surface area (Å²) in [6.45, 7) is 0.668. The zero-order valence-corrected chi connectivity index (χ0v) is 17.0. The van der Waals surface area contributed by atoms with E-state index in [1.54, 1.807) is 17.8 Å². The number of aliphatic carboxylic acids is 1. The van der Waals surface area contributed by atoms with Crippen LogP contribution >= 0.6 is 11.8 Å². The van der Waals surface area contributed by atoms with Gasteiger partial charge >= 0.3 is 5.97 Å². The molecular formula is C21H30FNO4S. The summed E-state index contributed by atoms with van der Waals surface area (Å²) in [5.41, 5.74) is 0.779. The second-order valence-corrected chi connectivity index (χ2v) is 8.53. The number of thioether (sulfide) groups is 1. The van der Waals surface area contributed by atoms with E-state index >= 15 is 0 Å². The van der Waals surface area contributed by atoms with Gasteiger partial charge in [0.2, 0.25) is 5.91 Å². The number of nitrogens with zero attached hydrogens (tertiary/aromatic N) is 1. The molecule has 1 saturated heterocycles. The van der Waals surface area contributed by atoms with Crippen LogP contribution in [0.3, 0.4) is 0 Å². The summed E-state index contributed by atoms with van der Waals surface area (Å²) in [6.07, 6.45) is 4.41. The van der Waals surface area contributed by atoms with Gasteiger partial charge in [-0.25, -0.2) is 4.39 Å². The Kier molecular flexibility index (Phi) is 9.78. The molecule has 0 aliphatic carbocycles. The second kappa shape index (κ2) is 12.1. The Morgan fingerprint density at radius 2 is 2.18 bits per heavy atom. The summed E-state index contributed by atoms with van der Waals surface area (Å²) < 4.78 is 13.3. The first-order valence-electron chi connectivity index (χ1n) is 9.97. The molecule has 0 aromatic heterocycles. The average Bonchev–Trinajstić information content (AvgIpc) is 2.64. The first-order valence-corrected chi connectivity index (χ1v) is 11.1. The summed E-state index contributed by atoms with van der Waals surface area (Å²) in [4.78, 5) is 24.8. The lowest BCUT2D eigenvalue weighted by atomic mass is 9.94. The van der Waals surface area contributed by atoms with Crippen molar-refractivity contribution in [2.75, 3.05) is 18.1 Å². The number of carboxylic acids is 1. The van der Waals surface area contributed by atoms with Crippen LogP contribution < -0.4 is 0 Å². The molecule has 1 aromatic rings. The lowest BCUT2D eigenvalue weighted by Gasteiger charge is -2.36. The molecule has 5 nitrogen and oxygen atoms in total. The maximum Gasteiger partial charge on any atom is 0.303 e. The number of aliphatic hydroxyl groups excluding tert-OH is 1. The first kappa shape index (κ1) is 22.7. The molecule has 0 bridgehead atoms. The number of rotatable bonds is 12. The van der Waals surface area contributed by atoms with Crippen LogP contribution in [0, 0.1) is 5.82 Å². The fourth-order valence-electron chi connectivity index (χ4n) is 3.61. The molecule has 1 aliphatic rings. The minimum atomic E-state index is -0.774.